The maximum atomic E-state index is 12.9. The Kier molecular flexibility index (Phi) is 5.92. The summed E-state index contributed by atoms with van der Waals surface area (Å²) in [5.41, 5.74) is 0.871. The van der Waals surface area contributed by atoms with Crippen LogP contribution in [0.4, 0.5) is 0 Å². The number of nitrogens with one attached hydrogen (secondary N) is 1. The monoisotopic (exact) mass is 402 g/mol. The highest BCUT2D eigenvalue weighted by Crippen LogP contribution is 2.55. The van der Waals surface area contributed by atoms with E-state index in [1.165, 1.54) is 6.42 Å². The molecule has 3 atom stereocenters. The Hall–Kier alpha value is -1.75. The number of rotatable bonds is 5. The first-order valence-corrected chi connectivity index (χ1v) is 10.9. The number of carbonyl (C=O) groups is 1. The number of benzene rings is 1. The largest absolute Gasteiger partial charge is 0.507 e. The van der Waals surface area contributed by atoms with Crippen molar-refractivity contribution in [3.05, 3.63) is 23.3 Å². The first-order chi connectivity index (χ1) is 13.4. The number of phenols is 1. The Morgan fingerprint density at radius 3 is 2.66 bits per heavy atom. The molecule has 5 nitrogen and oxygen atoms in total. The van der Waals surface area contributed by atoms with Gasteiger partial charge in [0.1, 0.15) is 17.1 Å². The predicted octanol–water partition coefficient (Wildman–Crippen LogP) is 4.40. The highest BCUT2D eigenvalue weighted by atomic mass is 16.5. The lowest BCUT2D eigenvalue weighted by Gasteiger charge is -2.48. The molecular weight excluding hydrogens is 364 g/mol. The average Bonchev–Trinajstić information content (AvgIpc) is 2.58. The van der Waals surface area contributed by atoms with Crippen molar-refractivity contribution in [2.45, 2.75) is 65.4 Å². The summed E-state index contributed by atoms with van der Waals surface area (Å²) in [5.74, 6) is 1.81. The fourth-order valence-electron chi connectivity index (χ4n) is 5.44. The van der Waals surface area contributed by atoms with E-state index in [0.717, 1.165) is 30.7 Å². The smallest absolute Gasteiger partial charge is 0.255 e. The molecule has 0 unspecified atom stereocenters. The van der Waals surface area contributed by atoms with Gasteiger partial charge in [-0.2, -0.15) is 0 Å². The lowest BCUT2D eigenvalue weighted by atomic mass is 9.64. The van der Waals surface area contributed by atoms with Crippen molar-refractivity contribution < 1.29 is 14.6 Å². The number of fused-ring (bicyclic) bond motifs is 3. The van der Waals surface area contributed by atoms with Gasteiger partial charge in [-0.25, -0.2) is 0 Å². The molecule has 1 aliphatic heterocycles. The van der Waals surface area contributed by atoms with Crippen LogP contribution in [0.2, 0.25) is 0 Å². The SMILES string of the molecule is C[C@@H]1CC[C@@H]2[C@@H](C1)c1c(ccc(C(=O)NCC(C)(C)CN(C)C)c1O)OC2(C)C. The predicted molar refractivity (Wildman–Crippen MR) is 117 cm³/mol. The normalized spacial score (nSPS) is 25.7. The Labute approximate surface area is 175 Å². The van der Waals surface area contributed by atoms with Crippen LogP contribution in [-0.2, 0) is 0 Å². The van der Waals surface area contributed by atoms with E-state index in [-0.39, 0.29) is 28.6 Å². The van der Waals surface area contributed by atoms with E-state index in [1.54, 1.807) is 6.07 Å². The van der Waals surface area contributed by atoms with Crippen molar-refractivity contribution in [2.24, 2.45) is 17.3 Å². The zero-order valence-electron chi connectivity index (χ0n) is 19.1. The summed E-state index contributed by atoms with van der Waals surface area (Å²) >= 11 is 0. The third-order valence-corrected chi connectivity index (χ3v) is 6.64. The van der Waals surface area contributed by atoms with E-state index >= 15 is 0 Å². The molecule has 1 aliphatic carbocycles. The molecule has 2 aliphatic rings. The number of phenolic OH excluding ortho intramolecular Hbond substituents is 1. The molecule has 5 heteroatoms. The van der Waals surface area contributed by atoms with Crippen LogP contribution in [-0.4, -0.2) is 48.7 Å². The summed E-state index contributed by atoms with van der Waals surface area (Å²) in [6.07, 6.45) is 3.30. The van der Waals surface area contributed by atoms with E-state index in [9.17, 15) is 9.90 Å². The van der Waals surface area contributed by atoms with Crippen molar-refractivity contribution in [1.82, 2.24) is 10.2 Å². The number of ether oxygens (including phenoxy) is 1. The minimum atomic E-state index is -0.260. The van der Waals surface area contributed by atoms with Crippen molar-refractivity contribution >= 4 is 5.91 Å². The van der Waals surface area contributed by atoms with Gasteiger partial charge in [0.2, 0.25) is 0 Å². The third-order valence-electron chi connectivity index (χ3n) is 6.64. The van der Waals surface area contributed by atoms with Crippen LogP contribution in [0, 0.1) is 17.3 Å². The summed E-state index contributed by atoms with van der Waals surface area (Å²) in [4.78, 5) is 15.0. The first-order valence-electron chi connectivity index (χ1n) is 10.9. The molecule has 1 saturated carbocycles. The van der Waals surface area contributed by atoms with Gasteiger partial charge in [-0.3, -0.25) is 4.79 Å². The number of amides is 1. The second kappa shape index (κ2) is 7.82. The fraction of sp³-hybridized carbons (Fsp3) is 0.708. The Balaban J connectivity index is 1.87. The van der Waals surface area contributed by atoms with Crippen LogP contribution >= 0.6 is 0 Å². The van der Waals surface area contributed by atoms with E-state index in [4.69, 9.17) is 4.74 Å². The Bertz CT molecular complexity index is 770. The molecule has 0 radical (unpaired) electrons. The van der Waals surface area contributed by atoms with Gasteiger partial charge in [-0.15, -0.1) is 0 Å². The molecule has 29 heavy (non-hydrogen) atoms. The van der Waals surface area contributed by atoms with Crippen molar-refractivity contribution in [1.29, 1.82) is 0 Å². The van der Waals surface area contributed by atoms with E-state index in [0.29, 0.717) is 23.9 Å². The van der Waals surface area contributed by atoms with Crippen LogP contribution < -0.4 is 10.1 Å². The summed E-state index contributed by atoms with van der Waals surface area (Å²) in [7, 11) is 4.06. The van der Waals surface area contributed by atoms with Crippen LogP contribution in [0.25, 0.3) is 0 Å². The van der Waals surface area contributed by atoms with Crippen LogP contribution in [0.15, 0.2) is 12.1 Å². The van der Waals surface area contributed by atoms with Gasteiger partial charge in [0, 0.05) is 24.6 Å². The second-order valence-electron chi connectivity index (χ2n) is 10.8. The highest BCUT2D eigenvalue weighted by molar-refractivity contribution is 5.97. The highest BCUT2D eigenvalue weighted by Gasteiger charge is 2.47. The zero-order valence-corrected chi connectivity index (χ0v) is 19.1. The Morgan fingerprint density at radius 1 is 1.31 bits per heavy atom. The number of carbonyl (C=O) groups excluding carboxylic acids is 1. The summed E-state index contributed by atoms with van der Waals surface area (Å²) in [6.45, 7) is 12.2. The molecular formula is C24H38N2O3. The third kappa shape index (κ3) is 4.55. The van der Waals surface area contributed by atoms with E-state index in [2.05, 4.69) is 44.8 Å². The maximum absolute atomic E-state index is 12.9. The Morgan fingerprint density at radius 2 is 2.00 bits per heavy atom. The van der Waals surface area contributed by atoms with Gasteiger partial charge in [-0.05, 0) is 70.2 Å². The number of nitrogens with zero attached hydrogens (tertiary/aromatic N) is 1. The number of aromatic hydroxyl groups is 1. The van der Waals surface area contributed by atoms with Gasteiger partial charge in [0.25, 0.3) is 5.91 Å². The molecule has 1 heterocycles. The number of hydrogen-bond acceptors (Lipinski definition) is 4. The van der Waals surface area contributed by atoms with Gasteiger partial charge < -0.3 is 20.1 Å². The van der Waals surface area contributed by atoms with Crippen molar-refractivity contribution in [3.8, 4) is 11.5 Å². The average molecular weight is 403 g/mol. The number of hydrogen-bond donors (Lipinski definition) is 2. The summed E-state index contributed by atoms with van der Waals surface area (Å²) < 4.78 is 6.30. The first kappa shape index (κ1) is 21.9. The molecule has 0 aromatic heterocycles. The standard InChI is InChI=1S/C24H38N2O3/c1-15-8-10-18-17(12-15)20-19(29-24(18,4)5)11-9-16(21(20)27)22(28)25-13-23(2,3)14-26(6)7/h9,11,15,17-18,27H,8,10,12-14H2,1-7H3,(H,25,28)/t15-,17-,18-/m1/s1. The molecule has 1 amide bonds. The minimum Gasteiger partial charge on any atom is -0.507 e. The topological polar surface area (TPSA) is 61.8 Å². The summed E-state index contributed by atoms with van der Waals surface area (Å²) in [6, 6.07) is 3.57. The second-order valence-corrected chi connectivity index (χ2v) is 10.8. The van der Waals surface area contributed by atoms with E-state index in [1.807, 2.05) is 20.2 Å². The molecule has 2 N–H and O–H groups in total. The van der Waals surface area contributed by atoms with Gasteiger partial charge in [0.15, 0.2) is 0 Å². The molecule has 1 aromatic rings. The quantitative estimate of drug-likeness (QED) is 0.766. The van der Waals surface area contributed by atoms with Crippen molar-refractivity contribution in [2.75, 3.05) is 27.2 Å². The maximum Gasteiger partial charge on any atom is 0.255 e. The minimum absolute atomic E-state index is 0.0555. The van der Waals surface area contributed by atoms with Gasteiger partial charge in [0.05, 0.1) is 5.56 Å². The molecule has 0 spiro atoms. The molecule has 0 bridgehead atoms. The fourth-order valence-corrected chi connectivity index (χ4v) is 5.44. The van der Waals surface area contributed by atoms with Crippen LogP contribution in [0.5, 0.6) is 11.5 Å². The van der Waals surface area contributed by atoms with Gasteiger partial charge >= 0.3 is 0 Å². The molecule has 162 valence electrons. The van der Waals surface area contributed by atoms with Crippen LogP contribution in [0.3, 0.4) is 0 Å². The summed E-state index contributed by atoms with van der Waals surface area (Å²) in [5, 5.41) is 14.1. The lowest BCUT2D eigenvalue weighted by Crippen LogP contribution is -2.46. The van der Waals surface area contributed by atoms with Gasteiger partial charge in [-0.1, -0.05) is 27.2 Å². The molecule has 3 rings (SSSR count). The van der Waals surface area contributed by atoms with Crippen molar-refractivity contribution in [3.63, 3.8) is 0 Å². The molecule has 0 saturated heterocycles. The lowest BCUT2D eigenvalue weighted by molar-refractivity contribution is -0.0145. The van der Waals surface area contributed by atoms with Crippen LogP contribution in [0.1, 0.15) is 75.7 Å². The van der Waals surface area contributed by atoms with E-state index < -0.39 is 0 Å². The molecule has 1 fully saturated rings. The zero-order chi connectivity index (χ0) is 21.6. The molecule has 1 aromatic carbocycles.